The summed E-state index contributed by atoms with van der Waals surface area (Å²) < 4.78 is 5.21. The lowest BCUT2D eigenvalue weighted by atomic mass is 10.2. The van der Waals surface area contributed by atoms with Gasteiger partial charge in [0.15, 0.2) is 0 Å². The van der Waals surface area contributed by atoms with E-state index < -0.39 is 0 Å². The second-order valence-electron chi connectivity index (χ2n) is 4.98. The van der Waals surface area contributed by atoms with E-state index in [4.69, 9.17) is 4.74 Å². The summed E-state index contributed by atoms with van der Waals surface area (Å²) in [4.78, 5) is 24.8. The Labute approximate surface area is 145 Å². The van der Waals surface area contributed by atoms with E-state index in [1.807, 2.05) is 25.1 Å². The normalized spacial score (nSPS) is 10.1. The summed E-state index contributed by atoms with van der Waals surface area (Å²) in [5.74, 6) is 1.02. The van der Waals surface area contributed by atoms with Crippen LogP contribution in [0.5, 0.6) is 5.75 Å². The summed E-state index contributed by atoms with van der Waals surface area (Å²) in [5.41, 5.74) is 1.72. The van der Waals surface area contributed by atoms with Crippen LogP contribution in [0.2, 0.25) is 0 Å². The summed E-state index contributed by atoms with van der Waals surface area (Å²) in [6.07, 6.45) is 0. The number of carbonyl (C=O) groups is 2. The molecule has 126 valence electrons. The Morgan fingerprint density at radius 3 is 2.54 bits per heavy atom. The average molecular weight is 344 g/mol. The van der Waals surface area contributed by atoms with Gasteiger partial charge in [-0.05, 0) is 36.1 Å². The van der Waals surface area contributed by atoms with Gasteiger partial charge in [-0.3, -0.25) is 9.59 Å². The van der Waals surface area contributed by atoms with Crippen LogP contribution < -0.4 is 15.4 Å². The Bertz CT molecular complexity index is 747. The molecule has 0 bridgehead atoms. The fourth-order valence-corrected chi connectivity index (χ4v) is 3.01. The van der Waals surface area contributed by atoms with Crippen molar-refractivity contribution in [2.24, 2.45) is 0 Å². The zero-order valence-electron chi connectivity index (χ0n) is 13.9. The minimum atomic E-state index is -0.207. The Hall–Kier alpha value is -2.47. The Kier molecular flexibility index (Phi) is 6.26. The number of anilines is 2. The number of nitrogens with one attached hydrogen (secondary N) is 2. The molecule has 0 aromatic heterocycles. The first kappa shape index (κ1) is 17.9. The molecule has 0 aliphatic heterocycles. The van der Waals surface area contributed by atoms with Crippen LogP contribution in [-0.4, -0.2) is 24.7 Å². The van der Waals surface area contributed by atoms with Crippen molar-refractivity contribution in [3.8, 4) is 5.75 Å². The molecule has 0 fully saturated rings. The van der Waals surface area contributed by atoms with Crippen molar-refractivity contribution in [3.63, 3.8) is 0 Å². The first-order valence-corrected chi connectivity index (χ1v) is 8.52. The number of benzene rings is 2. The van der Waals surface area contributed by atoms with E-state index in [1.54, 1.807) is 36.0 Å². The van der Waals surface area contributed by atoms with E-state index >= 15 is 0 Å². The summed E-state index contributed by atoms with van der Waals surface area (Å²) in [6.45, 7) is 3.46. The maximum Gasteiger partial charge on any atom is 0.256 e. The lowest BCUT2D eigenvalue weighted by Crippen LogP contribution is -2.14. The molecular formula is C18H20N2O3S. The highest BCUT2D eigenvalue weighted by molar-refractivity contribution is 7.99. The number of ether oxygens (including phenoxy) is 1. The molecule has 24 heavy (non-hydrogen) atoms. The molecule has 2 aromatic rings. The minimum absolute atomic E-state index is 0.189. The molecule has 0 aliphatic carbocycles. The van der Waals surface area contributed by atoms with Crippen molar-refractivity contribution in [2.75, 3.05) is 23.5 Å². The predicted molar refractivity (Wildman–Crippen MR) is 98.1 cm³/mol. The van der Waals surface area contributed by atoms with Gasteiger partial charge >= 0.3 is 0 Å². The molecule has 0 spiro atoms. The first-order chi connectivity index (χ1) is 11.5. The molecule has 0 heterocycles. The van der Waals surface area contributed by atoms with Crippen LogP contribution in [0, 0.1) is 0 Å². The molecule has 0 unspecified atom stereocenters. The van der Waals surface area contributed by atoms with Gasteiger partial charge in [0.25, 0.3) is 5.91 Å². The fourth-order valence-electron chi connectivity index (χ4n) is 2.21. The van der Waals surface area contributed by atoms with E-state index in [9.17, 15) is 9.59 Å². The summed E-state index contributed by atoms with van der Waals surface area (Å²) >= 11 is 1.62. The van der Waals surface area contributed by atoms with Gasteiger partial charge in [0.05, 0.1) is 18.4 Å². The van der Waals surface area contributed by atoms with Crippen molar-refractivity contribution >= 4 is 35.0 Å². The molecule has 2 N–H and O–H groups in total. The zero-order valence-corrected chi connectivity index (χ0v) is 14.7. The lowest BCUT2D eigenvalue weighted by molar-refractivity contribution is -0.114. The van der Waals surface area contributed by atoms with Gasteiger partial charge in [0.2, 0.25) is 5.91 Å². The number of hydrogen-bond donors (Lipinski definition) is 2. The van der Waals surface area contributed by atoms with Gasteiger partial charge in [-0.1, -0.05) is 19.1 Å². The number of thioether (sulfide) groups is 1. The van der Waals surface area contributed by atoms with Crippen LogP contribution in [0.25, 0.3) is 0 Å². The van der Waals surface area contributed by atoms with Crippen molar-refractivity contribution < 1.29 is 14.3 Å². The third-order valence-corrected chi connectivity index (χ3v) is 4.16. The number of rotatable bonds is 6. The number of hydrogen-bond acceptors (Lipinski definition) is 4. The fraction of sp³-hybridized carbons (Fsp3) is 0.222. The van der Waals surface area contributed by atoms with Gasteiger partial charge < -0.3 is 15.4 Å². The SMILES string of the molecule is CCSc1ccccc1C(=O)Nc1ccc(OC)c(NC(C)=O)c1. The van der Waals surface area contributed by atoms with E-state index in [0.717, 1.165) is 10.6 Å². The van der Waals surface area contributed by atoms with Gasteiger partial charge in [-0.2, -0.15) is 0 Å². The maximum atomic E-state index is 12.6. The largest absolute Gasteiger partial charge is 0.495 e. The highest BCUT2D eigenvalue weighted by atomic mass is 32.2. The van der Waals surface area contributed by atoms with Crippen LogP contribution in [0.1, 0.15) is 24.2 Å². The molecule has 6 heteroatoms. The van der Waals surface area contributed by atoms with E-state index in [0.29, 0.717) is 22.7 Å². The average Bonchev–Trinajstić information content (AvgIpc) is 2.55. The van der Waals surface area contributed by atoms with Gasteiger partial charge in [-0.15, -0.1) is 11.8 Å². The van der Waals surface area contributed by atoms with Gasteiger partial charge in [-0.25, -0.2) is 0 Å². The molecule has 0 atom stereocenters. The van der Waals surface area contributed by atoms with Gasteiger partial charge in [0, 0.05) is 17.5 Å². The van der Waals surface area contributed by atoms with Crippen LogP contribution in [0.4, 0.5) is 11.4 Å². The third kappa shape index (κ3) is 4.52. The topological polar surface area (TPSA) is 67.4 Å². The van der Waals surface area contributed by atoms with Crippen molar-refractivity contribution in [3.05, 3.63) is 48.0 Å². The number of methoxy groups -OCH3 is 1. The minimum Gasteiger partial charge on any atom is -0.495 e. The van der Waals surface area contributed by atoms with Crippen molar-refractivity contribution in [1.29, 1.82) is 0 Å². The molecule has 2 rings (SSSR count). The molecule has 0 saturated heterocycles. The standard InChI is InChI=1S/C18H20N2O3S/c1-4-24-17-8-6-5-7-14(17)18(22)20-13-9-10-16(23-3)15(11-13)19-12(2)21/h5-11H,4H2,1-3H3,(H,19,21)(H,20,22). The second kappa shape index (κ2) is 8.40. The first-order valence-electron chi connectivity index (χ1n) is 7.54. The Morgan fingerprint density at radius 1 is 1.12 bits per heavy atom. The van der Waals surface area contributed by atoms with Crippen LogP contribution >= 0.6 is 11.8 Å². The molecule has 0 radical (unpaired) electrons. The molecule has 0 aliphatic rings. The second-order valence-corrected chi connectivity index (χ2v) is 6.29. The zero-order chi connectivity index (χ0) is 17.5. The molecular weight excluding hydrogens is 324 g/mol. The Morgan fingerprint density at radius 2 is 1.88 bits per heavy atom. The molecule has 0 saturated carbocycles. The van der Waals surface area contributed by atoms with Gasteiger partial charge in [0.1, 0.15) is 5.75 Å². The highest BCUT2D eigenvalue weighted by Crippen LogP contribution is 2.29. The molecule has 5 nitrogen and oxygen atoms in total. The number of carbonyl (C=O) groups excluding carboxylic acids is 2. The summed E-state index contributed by atoms with van der Waals surface area (Å²) in [7, 11) is 1.52. The molecule has 2 amide bonds. The third-order valence-electron chi connectivity index (χ3n) is 3.20. The predicted octanol–water partition coefficient (Wildman–Crippen LogP) is 4.02. The summed E-state index contributed by atoms with van der Waals surface area (Å²) in [6, 6.07) is 12.6. The van der Waals surface area contributed by atoms with Crippen LogP contribution in [-0.2, 0) is 4.79 Å². The molecule has 2 aromatic carbocycles. The van der Waals surface area contributed by atoms with Crippen LogP contribution in [0.3, 0.4) is 0 Å². The summed E-state index contributed by atoms with van der Waals surface area (Å²) in [5, 5.41) is 5.55. The van der Waals surface area contributed by atoms with Crippen molar-refractivity contribution in [1.82, 2.24) is 0 Å². The van der Waals surface area contributed by atoms with E-state index in [2.05, 4.69) is 10.6 Å². The van der Waals surface area contributed by atoms with Crippen LogP contribution in [0.15, 0.2) is 47.4 Å². The van der Waals surface area contributed by atoms with E-state index in [1.165, 1.54) is 14.0 Å². The smallest absolute Gasteiger partial charge is 0.256 e. The highest BCUT2D eigenvalue weighted by Gasteiger charge is 2.13. The van der Waals surface area contributed by atoms with Crippen molar-refractivity contribution in [2.45, 2.75) is 18.7 Å². The quantitative estimate of drug-likeness (QED) is 0.777. The van der Waals surface area contributed by atoms with E-state index in [-0.39, 0.29) is 11.8 Å². The number of amides is 2. The monoisotopic (exact) mass is 344 g/mol. The Balaban J connectivity index is 2.24. The lowest BCUT2D eigenvalue weighted by Gasteiger charge is -2.13. The maximum absolute atomic E-state index is 12.6.